The van der Waals surface area contributed by atoms with Crippen molar-refractivity contribution in [3.05, 3.63) is 11.4 Å². The zero-order chi connectivity index (χ0) is 27.5. The molecular formula is C24H43N5O8. The molecular weight excluding hydrogens is 486 g/mol. The van der Waals surface area contributed by atoms with Crippen LogP contribution in [-0.4, -0.2) is 149 Å². The summed E-state index contributed by atoms with van der Waals surface area (Å²) in [5.41, 5.74) is 0.221. The Bertz CT molecular complexity index is 762. The van der Waals surface area contributed by atoms with Crippen LogP contribution < -0.4 is 9.80 Å². The molecule has 1 rings (SSSR count). The van der Waals surface area contributed by atoms with Gasteiger partial charge in [0.25, 0.3) is 5.91 Å². The minimum Gasteiger partial charge on any atom is -0.383 e. The lowest BCUT2D eigenvalue weighted by Crippen LogP contribution is -2.40. The number of ether oxygens (including phenoxy) is 6. The maximum atomic E-state index is 13.9. The quantitative estimate of drug-likeness (QED) is 0.191. The predicted octanol–water partition coefficient (Wildman–Crippen LogP) is 0.223. The Hall–Kier alpha value is -2.42. The standard InChI is InChI=1S/C24H43N5O8/c1-32-13-7-27(8-14-33-2)22-20(19-30)25-23(28(9-15-34-3)10-16-35-4)21(26-22)24(31)29(11-17-36-5)12-18-37-6/h19H,7-18H2,1-6H3. The zero-order valence-corrected chi connectivity index (χ0v) is 23.1. The third-order valence-electron chi connectivity index (χ3n) is 5.48. The van der Waals surface area contributed by atoms with Gasteiger partial charge in [-0.25, -0.2) is 9.97 Å². The van der Waals surface area contributed by atoms with E-state index in [0.717, 1.165) is 0 Å². The van der Waals surface area contributed by atoms with Gasteiger partial charge in [-0.3, -0.25) is 9.59 Å². The molecule has 0 N–H and O–H groups in total. The highest BCUT2D eigenvalue weighted by atomic mass is 16.5. The highest BCUT2D eigenvalue weighted by Gasteiger charge is 2.28. The summed E-state index contributed by atoms with van der Waals surface area (Å²) in [6.07, 6.45) is 0.644. The molecule has 0 spiro atoms. The van der Waals surface area contributed by atoms with Crippen LogP contribution in [0.2, 0.25) is 0 Å². The zero-order valence-electron chi connectivity index (χ0n) is 23.1. The summed E-state index contributed by atoms with van der Waals surface area (Å²) in [5.74, 6) is 0.213. The number of methoxy groups -OCH3 is 6. The van der Waals surface area contributed by atoms with Crippen LogP contribution in [0.3, 0.4) is 0 Å². The molecule has 0 unspecified atom stereocenters. The highest BCUT2D eigenvalue weighted by Crippen LogP contribution is 2.25. The maximum absolute atomic E-state index is 13.9. The average molecular weight is 530 g/mol. The van der Waals surface area contributed by atoms with Crippen LogP contribution >= 0.6 is 0 Å². The molecule has 0 atom stereocenters. The summed E-state index contributed by atoms with van der Waals surface area (Å²) in [6, 6.07) is 0. The minimum atomic E-state index is -0.353. The molecule has 0 radical (unpaired) electrons. The van der Waals surface area contributed by atoms with Gasteiger partial charge in [0, 0.05) is 81.9 Å². The Morgan fingerprint density at radius 3 is 1.38 bits per heavy atom. The maximum Gasteiger partial charge on any atom is 0.276 e. The molecule has 0 aliphatic carbocycles. The molecule has 0 aliphatic heterocycles. The van der Waals surface area contributed by atoms with Crippen LogP contribution in [0.5, 0.6) is 0 Å². The van der Waals surface area contributed by atoms with Crippen molar-refractivity contribution in [1.29, 1.82) is 0 Å². The molecule has 0 aromatic carbocycles. The molecule has 0 fully saturated rings. The molecule has 1 amide bonds. The number of anilines is 2. The largest absolute Gasteiger partial charge is 0.383 e. The Morgan fingerprint density at radius 2 is 1.00 bits per heavy atom. The number of aldehydes is 1. The van der Waals surface area contributed by atoms with E-state index in [1.807, 2.05) is 9.80 Å². The number of carbonyl (C=O) groups is 2. The van der Waals surface area contributed by atoms with Gasteiger partial charge >= 0.3 is 0 Å². The first-order valence-corrected chi connectivity index (χ1v) is 12.1. The Balaban J connectivity index is 3.72. The Morgan fingerprint density at radius 1 is 0.622 bits per heavy atom. The van der Waals surface area contributed by atoms with Crippen LogP contribution in [0.15, 0.2) is 0 Å². The highest BCUT2D eigenvalue weighted by molar-refractivity contribution is 5.98. The third-order valence-corrected chi connectivity index (χ3v) is 5.48. The number of amides is 1. The lowest BCUT2D eigenvalue weighted by atomic mass is 10.2. The Kier molecular flexibility index (Phi) is 17.3. The topological polar surface area (TPSA) is 125 Å². The van der Waals surface area contributed by atoms with E-state index in [9.17, 15) is 9.59 Å². The molecule has 0 bridgehead atoms. The second-order valence-corrected chi connectivity index (χ2v) is 7.95. The van der Waals surface area contributed by atoms with Gasteiger partial charge in [-0.2, -0.15) is 0 Å². The van der Waals surface area contributed by atoms with E-state index >= 15 is 0 Å². The lowest BCUT2D eigenvalue weighted by Gasteiger charge is -2.30. The van der Waals surface area contributed by atoms with Gasteiger partial charge in [0.2, 0.25) is 0 Å². The van der Waals surface area contributed by atoms with Gasteiger partial charge in [-0.1, -0.05) is 0 Å². The minimum absolute atomic E-state index is 0.110. The fraction of sp³-hybridized carbons (Fsp3) is 0.750. The van der Waals surface area contributed by atoms with Gasteiger partial charge in [-0.15, -0.1) is 0 Å². The number of hydrogen-bond donors (Lipinski definition) is 0. The first-order chi connectivity index (χ1) is 18.0. The number of rotatable bonds is 22. The fourth-order valence-electron chi connectivity index (χ4n) is 3.43. The van der Waals surface area contributed by atoms with E-state index in [-0.39, 0.29) is 28.9 Å². The monoisotopic (exact) mass is 529 g/mol. The summed E-state index contributed by atoms with van der Waals surface area (Å²) in [4.78, 5) is 40.8. The molecule has 13 heteroatoms. The van der Waals surface area contributed by atoms with Crippen molar-refractivity contribution in [2.24, 2.45) is 0 Å². The number of aromatic nitrogens is 2. The second-order valence-electron chi connectivity index (χ2n) is 7.95. The van der Waals surface area contributed by atoms with Crippen molar-refractivity contribution >= 4 is 23.8 Å². The van der Waals surface area contributed by atoms with Crippen LogP contribution in [0.4, 0.5) is 11.6 Å². The molecule has 1 heterocycles. The number of nitrogens with zero attached hydrogens (tertiary/aromatic N) is 5. The molecule has 0 saturated carbocycles. The summed E-state index contributed by atoms with van der Waals surface area (Å²) >= 11 is 0. The lowest BCUT2D eigenvalue weighted by molar-refractivity contribution is 0.0621. The van der Waals surface area contributed by atoms with Crippen molar-refractivity contribution in [2.75, 3.05) is 131 Å². The normalized spacial score (nSPS) is 11.0. The number of hydrogen-bond acceptors (Lipinski definition) is 12. The summed E-state index contributed by atoms with van der Waals surface area (Å²) in [7, 11) is 9.50. The summed E-state index contributed by atoms with van der Waals surface area (Å²) < 4.78 is 31.5. The molecule has 1 aromatic heterocycles. The summed E-state index contributed by atoms with van der Waals surface area (Å²) in [5, 5.41) is 0. The first-order valence-electron chi connectivity index (χ1n) is 12.1. The Labute approximate surface area is 219 Å². The van der Waals surface area contributed by atoms with Crippen molar-refractivity contribution in [3.8, 4) is 0 Å². The van der Waals surface area contributed by atoms with E-state index in [4.69, 9.17) is 33.4 Å². The van der Waals surface area contributed by atoms with Crippen molar-refractivity contribution < 1.29 is 38.0 Å². The average Bonchev–Trinajstić information content (AvgIpc) is 2.92. The van der Waals surface area contributed by atoms with Gasteiger partial charge in [-0.05, 0) is 0 Å². The first kappa shape index (κ1) is 32.6. The third kappa shape index (κ3) is 10.8. The summed E-state index contributed by atoms with van der Waals surface area (Å²) in [6.45, 7) is 4.55. The van der Waals surface area contributed by atoms with Crippen molar-refractivity contribution in [3.63, 3.8) is 0 Å². The van der Waals surface area contributed by atoms with Crippen molar-refractivity contribution in [2.45, 2.75) is 0 Å². The molecule has 1 aromatic rings. The second kappa shape index (κ2) is 19.7. The van der Waals surface area contributed by atoms with Gasteiger partial charge < -0.3 is 43.1 Å². The van der Waals surface area contributed by atoms with Gasteiger partial charge in [0.1, 0.15) is 5.69 Å². The number of carbonyl (C=O) groups excluding carboxylic acids is 2. The molecule has 13 nitrogen and oxygen atoms in total. The van der Waals surface area contributed by atoms with Crippen LogP contribution in [0.1, 0.15) is 21.0 Å². The SMILES string of the molecule is COCCN(CCOC)C(=O)c1nc(N(CCOC)CCOC)c(C=O)nc1N(CCOC)CCOC. The van der Waals surface area contributed by atoms with E-state index in [0.29, 0.717) is 85.2 Å². The molecule has 212 valence electrons. The van der Waals surface area contributed by atoms with Crippen LogP contribution in [0.25, 0.3) is 0 Å². The van der Waals surface area contributed by atoms with E-state index in [2.05, 4.69) is 4.98 Å². The predicted molar refractivity (Wildman–Crippen MR) is 139 cm³/mol. The van der Waals surface area contributed by atoms with Crippen LogP contribution in [0, 0.1) is 0 Å². The van der Waals surface area contributed by atoms with Gasteiger partial charge in [0.15, 0.2) is 23.6 Å². The molecule has 0 saturated heterocycles. The fourth-order valence-corrected chi connectivity index (χ4v) is 3.43. The smallest absolute Gasteiger partial charge is 0.276 e. The van der Waals surface area contributed by atoms with E-state index < -0.39 is 0 Å². The van der Waals surface area contributed by atoms with Gasteiger partial charge in [0.05, 0.1) is 39.6 Å². The van der Waals surface area contributed by atoms with Crippen molar-refractivity contribution in [1.82, 2.24) is 14.9 Å². The van der Waals surface area contributed by atoms with E-state index in [1.165, 1.54) is 0 Å². The molecule has 0 aliphatic rings. The van der Waals surface area contributed by atoms with E-state index in [1.54, 1.807) is 47.6 Å². The van der Waals surface area contributed by atoms with Crippen LogP contribution in [-0.2, 0) is 28.4 Å². The molecule has 37 heavy (non-hydrogen) atoms.